The lowest BCUT2D eigenvalue weighted by Gasteiger charge is -2.26. The summed E-state index contributed by atoms with van der Waals surface area (Å²) in [4.78, 5) is 11.9. The molecule has 0 aliphatic heterocycles. The van der Waals surface area contributed by atoms with Crippen molar-refractivity contribution in [2.24, 2.45) is 11.1 Å². The van der Waals surface area contributed by atoms with Crippen LogP contribution in [0.5, 0.6) is 0 Å². The quantitative estimate of drug-likeness (QED) is 0.344. The average molecular weight is 419 g/mol. The summed E-state index contributed by atoms with van der Waals surface area (Å²) < 4.78 is 0. The highest BCUT2D eigenvalue weighted by Crippen LogP contribution is 2.30. The van der Waals surface area contributed by atoms with E-state index in [1.165, 1.54) is 16.7 Å². The van der Waals surface area contributed by atoms with Crippen molar-refractivity contribution in [2.45, 2.75) is 58.9 Å². The van der Waals surface area contributed by atoms with Crippen LogP contribution in [0.25, 0.3) is 12.2 Å². The molecule has 0 fully saturated rings. The van der Waals surface area contributed by atoms with Gasteiger partial charge in [-0.05, 0) is 47.6 Å². The molecule has 166 valence electrons. The minimum Gasteiger partial charge on any atom is -0.388 e. The summed E-state index contributed by atoms with van der Waals surface area (Å²) in [6, 6.07) is 16.7. The van der Waals surface area contributed by atoms with E-state index in [-0.39, 0.29) is 22.7 Å². The van der Waals surface area contributed by atoms with Gasteiger partial charge >= 0.3 is 0 Å². The molecule has 1 unspecified atom stereocenters. The van der Waals surface area contributed by atoms with Crippen LogP contribution in [-0.2, 0) is 10.2 Å². The molecule has 0 bridgehead atoms. The van der Waals surface area contributed by atoms with Crippen LogP contribution in [0.2, 0.25) is 0 Å². The van der Waals surface area contributed by atoms with Crippen LogP contribution in [0.15, 0.2) is 60.7 Å². The smallest absolute Gasteiger partial charge is 0.149 e. The SMILES string of the molecule is CNc1ccc(/C=C/c2ccc(C(C)(C)/C=C/C(C)(C)CCC(=O)C(C)N)cc2)cc1. The van der Waals surface area contributed by atoms with Crippen molar-refractivity contribution in [1.29, 1.82) is 0 Å². The highest BCUT2D eigenvalue weighted by Gasteiger charge is 2.21. The van der Waals surface area contributed by atoms with E-state index in [1.807, 2.05) is 7.05 Å². The van der Waals surface area contributed by atoms with E-state index in [0.29, 0.717) is 6.42 Å². The van der Waals surface area contributed by atoms with Crippen molar-refractivity contribution >= 4 is 23.6 Å². The lowest BCUT2D eigenvalue weighted by Crippen LogP contribution is -2.27. The lowest BCUT2D eigenvalue weighted by atomic mass is 9.79. The third-order valence-electron chi connectivity index (χ3n) is 5.80. The average Bonchev–Trinajstić information content (AvgIpc) is 2.75. The van der Waals surface area contributed by atoms with Gasteiger partial charge < -0.3 is 11.1 Å². The summed E-state index contributed by atoms with van der Waals surface area (Å²) >= 11 is 0. The molecule has 0 saturated carbocycles. The minimum atomic E-state index is -0.378. The van der Waals surface area contributed by atoms with Gasteiger partial charge in [-0.2, -0.15) is 0 Å². The third kappa shape index (κ3) is 7.84. The molecule has 0 aromatic heterocycles. The molecule has 0 saturated heterocycles. The van der Waals surface area contributed by atoms with Crippen LogP contribution < -0.4 is 11.1 Å². The summed E-state index contributed by atoms with van der Waals surface area (Å²) in [5, 5.41) is 3.13. The molecule has 0 amide bonds. The fourth-order valence-electron chi connectivity index (χ4n) is 3.26. The molecule has 2 rings (SSSR count). The molecule has 3 N–H and O–H groups in total. The monoisotopic (exact) mass is 418 g/mol. The fourth-order valence-corrected chi connectivity index (χ4v) is 3.26. The molecule has 3 heteroatoms. The van der Waals surface area contributed by atoms with Gasteiger partial charge in [0.15, 0.2) is 0 Å². The molecule has 1 atom stereocenters. The van der Waals surface area contributed by atoms with Crippen LogP contribution in [0, 0.1) is 5.41 Å². The Bertz CT molecular complexity index is 901. The van der Waals surface area contributed by atoms with Gasteiger partial charge in [-0.15, -0.1) is 0 Å². The number of rotatable bonds is 10. The summed E-state index contributed by atoms with van der Waals surface area (Å²) in [7, 11) is 1.92. The van der Waals surface area contributed by atoms with Gasteiger partial charge in [0, 0.05) is 24.6 Å². The van der Waals surface area contributed by atoms with Crippen molar-refractivity contribution in [3.63, 3.8) is 0 Å². The van der Waals surface area contributed by atoms with Crippen LogP contribution in [0.1, 0.15) is 64.2 Å². The van der Waals surface area contributed by atoms with Crippen molar-refractivity contribution < 1.29 is 4.79 Å². The normalized spacial score (nSPS) is 13.6. The number of carbonyl (C=O) groups is 1. The molecule has 0 spiro atoms. The second-order valence-corrected chi connectivity index (χ2v) is 9.63. The molecule has 0 radical (unpaired) electrons. The topological polar surface area (TPSA) is 55.1 Å². The van der Waals surface area contributed by atoms with E-state index in [0.717, 1.165) is 12.1 Å². The predicted octanol–water partition coefficient (Wildman–Crippen LogP) is 6.46. The van der Waals surface area contributed by atoms with Gasteiger partial charge in [0.2, 0.25) is 0 Å². The maximum atomic E-state index is 11.9. The molecule has 31 heavy (non-hydrogen) atoms. The van der Waals surface area contributed by atoms with E-state index in [4.69, 9.17) is 5.73 Å². The number of hydrogen-bond acceptors (Lipinski definition) is 3. The molecular formula is C28H38N2O. The number of Topliss-reactive ketones (excluding diaryl/α,β-unsaturated/α-hetero) is 1. The Morgan fingerprint density at radius 3 is 1.94 bits per heavy atom. The van der Waals surface area contributed by atoms with Gasteiger partial charge in [-0.25, -0.2) is 0 Å². The Labute approximate surface area is 188 Å². The summed E-state index contributed by atoms with van der Waals surface area (Å²) in [5.74, 6) is 0.127. The van der Waals surface area contributed by atoms with Crippen LogP contribution in [-0.4, -0.2) is 18.9 Å². The number of carbonyl (C=O) groups excluding carboxylic acids is 1. The Morgan fingerprint density at radius 2 is 1.45 bits per heavy atom. The molecule has 2 aromatic carbocycles. The lowest BCUT2D eigenvalue weighted by molar-refractivity contribution is -0.120. The zero-order chi connectivity index (χ0) is 23.1. The minimum absolute atomic E-state index is 0.0483. The van der Waals surface area contributed by atoms with Gasteiger partial charge in [0.25, 0.3) is 0 Å². The molecule has 0 aliphatic rings. The predicted molar refractivity (Wildman–Crippen MR) is 135 cm³/mol. The molecule has 0 aliphatic carbocycles. The van der Waals surface area contributed by atoms with Crippen molar-refractivity contribution in [3.8, 4) is 0 Å². The summed E-state index contributed by atoms with van der Waals surface area (Å²) in [6.07, 6.45) is 10.1. The van der Waals surface area contributed by atoms with E-state index in [9.17, 15) is 4.79 Å². The van der Waals surface area contributed by atoms with E-state index in [1.54, 1.807) is 6.92 Å². The van der Waals surface area contributed by atoms with Crippen molar-refractivity contribution in [3.05, 3.63) is 77.4 Å². The zero-order valence-corrected chi connectivity index (χ0v) is 19.9. The molecular weight excluding hydrogens is 380 g/mol. The largest absolute Gasteiger partial charge is 0.388 e. The summed E-state index contributed by atoms with van der Waals surface area (Å²) in [5.41, 5.74) is 10.3. The first kappa shape index (κ1) is 24.6. The number of hydrogen-bond donors (Lipinski definition) is 2. The maximum Gasteiger partial charge on any atom is 0.149 e. The Morgan fingerprint density at radius 1 is 0.935 bits per heavy atom. The van der Waals surface area contributed by atoms with Crippen LogP contribution in [0.4, 0.5) is 5.69 Å². The second-order valence-electron chi connectivity index (χ2n) is 9.63. The van der Waals surface area contributed by atoms with Crippen LogP contribution >= 0.6 is 0 Å². The van der Waals surface area contributed by atoms with E-state index in [2.05, 4.69) is 106 Å². The Kier molecular flexibility index (Phi) is 8.41. The van der Waals surface area contributed by atoms with Gasteiger partial charge in [0.1, 0.15) is 5.78 Å². The maximum absolute atomic E-state index is 11.9. The van der Waals surface area contributed by atoms with Crippen molar-refractivity contribution in [2.75, 3.05) is 12.4 Å². The van der Waals surface area contributed by atoms with Gasteiger partial charge in [-0.3, -0.25) is 4.79 Å². The van der Waals surface area contributed by atoms with Crippen molar-refractivity contribution in [1.82, 2.24) is 0 Å². The number of nitrogens with two attached hydrogens (primary N) is 1. The zero-order valence-electron chi connectivity index (χ0n) is 19.9. The van der Waals surface area contributed by atoms with E-state index < -0.39 is 0 Å². The number of benzene rings is 2. The molecule has 2 aromatic rings. The number of ketones is 1. The Balaban J connectivity index is 2.03. The van der Waals surface area contributed by atoms with Gasteiger partial charge in [-0.1, -0.05) is 88.4 Å². The van der Waals surface area contributed by atoms with Gasteiger partial charge in [0.05, 0.1) is 6.04 Å². The number of anilines is 1. The molecule has 0 heterocycles. The van der Waals surface area contributed by atoms with Crippen LogP contribution in [0.3, 0.4) is 0 Å². The first-order chi connectivity index (χ1) is 14.5. The first-order valence-electron chi connectivity index (χ1n) is 11.1. The molecule has 3 nitrogen and oxygen atoms in total. The highest BCUT2D eigenvalue weighted by molar-refractivity contribution is 5.83. The number of allylic oxidation sites excluding steroid dienone is 2. The Hall–Kier alpha value is -2.65. The standard InChI is InChI=1S/C28H38N2O/c1-21(29)26(31)17-18-27(2,3)19-20-28(4,5)24-13-9-22(10-14-24)7-8-23-11-15-25(30-6)16-12-23/h7-16,19-21,30H,17-18,29H2,1-6H3/b8-7+,20-19+. The summed E-state index contributed by atoms with van der Waals surface area (Å²) in [6.45, 7) is 10.5. The van der Waals surface area contributed by atoms with E-state index >= 15 is 0 Å². The third-order valence-corrected chi connectivity index (χ3v) is 5.80. The second kappa shape index (κ2) is 10.6. The fraction of sp³-hybridized carbons (Fsp3) is 0.393. The number of nitrogens with one attached hydrogen (secondary N) is 1. The first-order valence-corrected chi connectivity index (χ1v) is 11.1. The highest BCUT2D eigenvalue weighted by atomic mass is 16.1.